The third-order valence-corrected chi connectivity index (χ3v) is 5.99. The molecule has 19 heavy (non-hydrogen) atoms. The Hall–Kier alpha value is -0.190. The Bertz CT molecular complexity index is 438. The molecule has 1 N–H and O–H groups in total. The summed E-state index contributed by atoms with van der Waals surface area (Å²) in [6.45, 7) is 3.20. The topological polar surface area (TPSA) is 29.1 Å². The molecule has 0 aromatic heterocycles. The minimum Gasteiger partial charge on any atom is -0.313 e. The molecule has 0 aliphatic heterocycles. The molecule has 1 aliphatic rings. The Kier molecular flexibility index (Phi) is 6.05. The van der Waals surface area contributed by atoms with Gasteiger partial charge in [0.15, 0.2) is 0 Å². The van der Waals surface area contributed by atoms with E-state index in [0.29, 0.717) is 6.04 Å². The summed E-state index contributed by atoms with van der Waals surface area (Å²) in [4.78, 5) is 0.949. The Morgan fingerprint density at radius 1 is 1.37 bits per heavy atom. The van der Waals surface area contributed by atoms with Gasteiger partial charge in [-0.25, -0.2) is 0 Å². The van der Waals surface area contributed by atoms with Crippen LogP contribution in [0.5, 0.6) is 0 Å². The average Bonchev–Trinajstić information content (AvgIpc) is 2.44. The maximum atomic E-state index is 12.8. The third kappa shape index (κ3) is 4.14. The number of halogens is 1. The van der Waals surface area contributed by atoms with Gasteiger partial charge in [-0.15, -0.1) is 0 Å². The molecule has 1 fully saturated rings. The van der Waals surface area contributed by atoms with Crippen LogP contribution in [-0.4, -0.2) is 22.0 Å². The lowest BCUT2D eigenvalue weighted by molar-refractivity contribution is 0.379. The molecule has 2 rings (SSSR count). The Morgan fingerprint density at radius 2 is 2.16 bits per heavy atom. The minimum absolute atomic E-state index is 0.259. The number of hydrogen-bond donors (Lipinski definition) is 1. The van der Waals surface area contributed by atoms with Crippen molar-refractivity contribution in [1.82, 2.24) is 5.32 Å². The summed E-state index contributed by atoms with van der Waals surface area (Å²) >= 11 is 3.46. The molecule has 0 amide bonds. The van der Waals surface area contributed by atoms with Crippen molar-refractivity contribution in [2.75, 3.05) is 6.54 Å². The van der Waals surface area contributed by atoms with E-state index >= 15 is 0 Å². The lowest BCUT2D eigenvalue weighted by Crippen LogP contribution is -2.44. The summed E-state index contributed by atoms with van der Waals surface area (Å²) in [7, 11) is -0.906. The molecular weight excluding hydrogens is 322 g/mol. The fourth-order valence-electron chi connectivity index (χ4n) is 2.68. The molecule has 0 radical (unpaired) electrons. The van der Waals surface area contributed by atoms with Gasteiger partial charge in [0.25, 0.3) is 0 Å². The van der Waals surface area contributed by atoms with Crippen LogP contribution in [0.2, 0.25) is 0 Å². The molecule has 0 spiro atoms. The zero-order valence-corrected chi connectivity index (χ0v) is 13.8. The van der Waals surface area contributed by atoms with Gasteiger partial charge in [-0.2, -0.15) is 0 Å². The highest BCUT2D eigenvalue weighted by atomic mass is 79.9. The van der Waals surface area contributed by atoms with Crippen molar-refractivity contribution in [3.63, 3.8) is 0 Å². The molecule has 2 nitrogen and oxygen atoms in total. The normalized spacial score (nSPS) is 25.2. The van der Waals surface area contributed by atoms with E-state index in [-0.39, 0.29) is 5.25 Å². The zero-order valence-electron chi connectivity index (χ0n) is 11.4. The van der Waals surface area contributed by atoms with Crippen LogP contribution in [-0.2, 0) is 10.8 Å². The standard InChI is InChI=1S/C15H22BrNOS/c1-2-10-17-14-8-3-4-9-15(14)19(18)13-7-5-6-12(16)11-13/h5-7,11,14-15,17H,2-4,8-10H2,1H3. The summed E-state index contributed by atoms with van der Waals surface area (Å²) in [5.74, 6) is 0. The van der Waals surface area contributed by atoms with Gasteiger partial charge in [-0.1, -0.05) is 41.8 Å². The van der Waals surface area contributed by atoms with Crippen LogP contribution in [0.4, 0.5) is 0 Å². The molecule has 1 aliphatic carbocycles. The summed E-state index contributed by atoms with van der Waals surface area (Å²) < 4.78 is 13.8. The number of hydrogen-bond acceptors (Lipinski definition) is 2. The van der Waals surface area contributed by atoms with Gasteiger partial charge in [0.1, 0.15) is 0 Å². The number of benzene rings is 1. The van der Waals surface area contributed by atoms with Crippen molar-refractivity contribution in [2.24, 2.45) is 0 Å². The lowest BCUT2D eigenvalue weighted by Gasteiger charge is -2.31. The number of rotatable bonds is 5. The summed E-state index contributed by atoms with van der Waals surface area (Å²) in [5, 5.41) is 3.84. The SMILES string of the molecule is CCCNC1CCCCC1S(=O)c1cccc(Br)c1. The van der Waals surface area contributed by atoms with E-state index in [1.54, 1.807) is 0 Å². The molecule has 4 heteroatoms. The first-order valence-electron chi connectivity index (χ1n) is 7.12. The van der Waals surface area contributed by atoms with E-state index < -0.39 is 10.8 Å². The highest BCUT2D eigenvalue weighted by Crippen LogP contribution is 2.27. The zero-order chi connectivity index (χ0) is 13.7. The molecule has 1 aromatic carbocycles. The van der Waals surface area contributed by atoms with Crippen molar-refractivity contribution in [2.45, 2.75) is 55.2 Å². The summed E-state index contributed by atoms with van der Waals surface area (Å²) in [5.41, 5.74) is 0. The molecule has 0 heterocycles. The Morgan fingerprint density at radius 3 is 2.89 bits per heavy atom. The van der Waals surface area contributed by atoms with Gasteiger partial charge in [-0.05, 0) is 44.0 Å². The Labute approximate surface area is 127 Å². The largest absolute Gasteiger partial charge is 0.313 e. The molecule has 0 saturated heterocycles. The fraction of sp³-hybridized carbons (Fsp3) is 0.600. The first-order valence-corrected chi connectivity index (χ1v) is 9.12. The van der Waals surface area contributed by atoms with E-state index in [4.69, 9.17) is 0 Å². The van der Waals surface area contributed by atoms with Crippen LogP contribution in [0, 0.1) is 0 Å². The molecule has 0 bridgehead atoms. The van der Waals surface area contributed by atoms with Crippen molar-refractivity contribution in [1.29, 1.82) is 0 Å². The number of nitrogens with one attached hydrogen (secondary N) is 1. The van der Waals surface area contributed by atoms with Crippen LogP contribution in [0.1, 0.15) is 39.0 Å². The van der Waals surface area contributed by atoms with Crippen LogP contribution < -0.4 is 5.32 Å². The summed E-state index contributed by atoms with van der Waals surface area (Å²) in [6.07, 6.45) is 5.82. The average molecular weight is 344 g/mol. The van der Waals surface area contributed by atoms with E-state index in [2.05, 4.69) is 28.2 Å². The summed E-state index contributed by atoms with van der Waals surface area (Å²) in [6, 6.07) is 8.32. The van der Waals surface area contributed by atoms with Crippen LogP contribution in [0.3, 0.4) is 0 Å². The maximum Gasteiger partial charge on any atom is 0.0577 e. The Balaban J connectivity index is 2.10. The van der Waals surface area contributed by atoms with E-state index in [0.717, 1.165) is 35.2 Å². The highest BCUT2D eigenvalue weighted by Gasteiger charge is 2.30. The quantitative estimate of drug-likeness (QED) is 0.879. The first-order chi connectivity index (χ1) is 9.22. The van der Waals surface area contributed by atoms with Crippen LogP contribution in [0.15, 0.2) is 33.6 Å². The molecule has 106 valence electrons. The van der Waals surface area contributed by atoms with Crippen molar-refractivity contribution in [3.05, 3.63) is 28.7 Å². The van der Waals surface area contributed by atoms with Gasteiger partial charge in [0.05, 0.1) is 16.0 Å². The second kappa shape index (κ2) is 7.55. The van der Waals surface area contributed by atoms with Gasteiger partial charge in [-0.3, -0.25) is 4.21 Å². The lowest BCUT2D eigenvalue weighted by atomic mass is 9.95. The second-order valence-corrected chi connectivity index (χ2v) is 7.73. The van der Waals surface area contributed by atoms with E-state index in [1.165, 1.54) is 12.8 Å². The predicted octanol–water partition coefficient (Wildman–Crippen LogP) is 3.87. The fourth-order valence-corrected chi connectivity index (χ4v) is 4.95. The van der Waals surface area contributed by atoms with E-state index in [1.807, 2.05) is 24.3 Å². The molecule has 1 aromatic rings. The smallest absolute Gasteiger partial charge is 0.0577 e. The first kappa shape index (κ1) is 15.2. The van der Waals surface area contributed by atoms with Gasteiger partial charge in [0.2, 0.25) is 0 Å². The van der Waals surface area contributed by atoms with Crippen molar-refractivity contribution < 1.29 is 4.21 Å². The minimum atomic E-state index is -0.906. The maximum absolute atomic E-state index is 12.8. The molecule has 1 saturated carbocycles. The van der Waals surface area contributed by atoms with Gasteiger partial charge < -0.3 is 5.32 Å². The van der Waals surface area contributed by atoms with Crippen molar-refractivity contribution in [3.8, 4) is 0 Å². The molecule has 3 atom stereocenters. The van der Waals surface area contributed by atoms with Crippen molar-refractivity contribution >= 4 is 26.7 Å². The van der Waals surface area contributed by atoms with Gasteiger partial charge in [0, 0.05) is 15.4 Å². The predicted molar refractivity (Wildman–Crippen MR) is 84.9 cm³/mol. The molecule has 3 unspecified atom stereocenters. The second-order valence-electron chi connectivity index (χ2n) is 5.14. The third-order valence-electron chi connectivity index (χ3n) is 3.66. The van der Waals surface area contributed by atoms with E-state index in [9.17, 15) is 4.21 Å². The van der Waals surface area contributed by atoms with Crippen LogP contribution >= 0.6 is 15.9 Å². The highest BCUT2D eigenvalue weighted by molar-refractivity contribution is 9.10. The van der Waals surface area contributed by atoms with Gasteiger partial charge >= 0.3 is 0 Å². The monoisotopic (exact) mass is 343 g/mol. The molecular formula is C15H22BrNOS. The van der Waals surface area contributed by atoms with Crippen LogP contribution in [0.25, 0.3) is 0 Å².